The van der Waals surface area contributed by atoms with Gasteiger partial charge in [-0.25, -0.2) is 0 Å². The van der Waals surface area contributed by atoms with E-state index >= 15 is 0 Å². The molecule has 0 saturated heterocycles. The lowest BCUT2D eigenvalue weighted by atomic mass is 10.1. The van der Waals surface area contributed by atoms with Gasteiger partial charge in [0.15, 0.2) is 0 Å². The maximum absolute atomic E-state index is 11.9. The number of carbonyl (C=O) groups excluding carboxylic acids is 1. The highest BCUT2D eigenvalue weighted by molar-refractivity contribution is 7.15. The van der Waals surface area contributed by atoms with Crippen LogP contribution in [0.2, 0.25) is 0 Å². The van der Waals surface area contributed by atoms with E-state index in [1.807, 2.05) is 19.1 Å². The number of amides is 1. The molecular formula is C18H19N3O2S. The summed E-state index contributed by atoms with van der Waals surface area (Å²) in [5.74, 6) is 1.54. The van der Waals surface area contributed by atoms with Crippen LogP contribution >= 0.6 is 11.3 Å². The fraction of sp³-hybridized carbons (Fsp3) is 0.278. The number of hydrogen-bond donors (Lipinski definition) is 1. The van der Waals surface area contributed by atoms with Gasteiger partial charge in [-0.3, -0.25) is 4.79 Å². The van der Waals surface area contributed by atoms with Crippen LogP contribution in [-0.4, -0.2) is 16.1 Å². The summed E-state index contributed by atoms with van der Waals surface area (Å²) in [6, 6.07) is 10.1. The lowest BCUT2D eigenvalue weighted by molar-refractivity contribution is -0.116. The predicted octanol–water partition coefficient (Wildman–Crippen LogP) is 4.29. The maximum Gasteiger partial charge on any atom is 0.226 e. The molecule has 3 aromatic rings. The molecule has 1 amide bonds. The molecular weight excluding hydrogens is 322 g/mol. The number of carbonyl (C=O) groups is 1. The molecule has 0 bridgehead atoms. The Morgan fingerprint density at radius 2 is 1.96 bits per heavy atom. The summed E-state index contributed by atoms with van der Waals surface area (Å²) in [6.07, 6.45) is 0.896. The first kappa shape index (κ1) is 16.4. The minimum atomic E-state index is -0.0877. The Balaban J connectivity index is 1.59. The number of nitrogens with zero attached hydrogens (tertiary/aromatic N) is 2. The van der Waals surface area contributed by atoms with Crippen LogP contribution in [0.3, 0.4) is 0 Å². The monoisotopic (exact) mass is 341 g/mol. The van der Waals surface area contributed by atoms with Gasteiger partial charge in [0.05, 0.1) is 0 Å². The molecule has 0 fully saturated rings. The Hall–Kier alpha value is -2.47. The van der Waals surface area contributed by atoms with E-state index in [9.17, 15) is 4.79 Å². The van der Waals surface area contributed by atoms with E-state index in [2.05, 4.69) is 47.6 Å². The summed E-state index contributed by atoms with van der Waals surface area (Å²) >= 11 is 1.36. The standard InChI is InChI=1S/C18H19N3O2S/c1-11-4-5-14(10-12(11)2)16-8-6-15(23-16)7-9-17(22)19-18-21-20-13(3)24-18/h4-6,8,10H,7,9H2,1-3H3,(H,19,21,22). The van der Waals surface area contributed by atoms with Crippen molar-refractivity contribution in [3.63, 3.8) is 0 Å². The van der Waals surface area contributed by atoms with Crippen LogP contribution in [0.15, 0.2) is 34.7 Å². The van der Waals surface area contributed by atoms with Gasteiger partial charge in [0, 0.05) is 18.4 Å². The van der Waals surface area contributed by atoms with Gasteiger partial charge in [-0.2, -0.15) is 0 Å². The fourth-order valence-corrected chi connectivity index (χ4v) is 2.94. The van der Waals surface area contributed by atoms with Crippen molar-refractivity contribution in [2.75, 3.05) is 5.32 Å². The number of nitrogens with one attached hydrogen (secondary N) is 1. The minimum absolute atomic E-state index is 0.0877. The first-order valence-electron chi connectivity index (χ1n) is 7.77. The van der Waals surface area contributed by atoms with Crippen molar-refractivity contribution in [1.82, 2.24) is 10.2 Å². The van der Waals surface area contributed by atoms with Crippen molar-refractivity contribution in [2.45, 2.75) is 33.6 Å². The molecule has 0 aliphatic rings. The van der Waals surface area contributed by atoms with Gasteiger partial charge in [-0.05, 0) is 50.1 Å². The summed E-state index contributed by atoms with van der Waals surface area (Å²) in [7, 11) is 0. The third kappa shape index (κ3) is 3.89. The van der Waals surface area contributed by atoms with Crippen LogP contribution in [0.25, 0.3) is 11.3 Å². The number of hydrogen-bond acceptors (Lipinski definition) is 5. The highest BCUT2D eigenvalue weighted by Crippen LogP contribution is 2.25. The second-order valence-electron chi connectivity index (χ2n) is 5.74. The van der Waals surface area contributed by atoms with Gasteiger partial charge in [0.25, 0.3) is 0 Å². The predicted molar refractivity (Wildman–Crippen MR) is 95.2 cm³/mol. The Bertz CT molecular complexity index is 867. The highest BCUT2D eigenvalue weighted by Gasteiger charge is 2.10. The van der Waals surface area contributed by atoms with E-state index < -0.39 is 0 Å². The minimum Gasteiger partial charge on any atom is -0.461 e. The molecule has 0 atom stereocenters. The normalized spacial score (nSPS) is 10.8. The number of rotatable bonds is 5. The van der Waals surface area contributed by atoms with Crippen LogP contribution in [0.4, 0.5) is 5.13 Å². The molecule has 2 heterocycles. The number of furan rings is 1. The molecule has 0 spiro atoms. The van der Waals surface area contributed by atoms with Crippen LogP contribution in [-0.2, 0) is 11.2 Å². The number of aryl methyl sites for hydroxylation is 4. The lowest BCUT2D eigenvalue weighted by Gasteiger charge is -2.03. The molecule has 1 aromatic carbocycles. The van der Waals surface area contributed by atoms with Crippen LogP contribution in [0.1, 0.15) is 28.3 Å². The molecule has 5 nitrogen and oxygen atoms in total. The number of anilines is 1. The lowest BCUT2D eigenvalue weighted by Crippen LogP contribution is -2.11. The third-order valence-electron chi connectivity index (χ3n) is 3.82. The van der Waals surface area contributed by atoms with E-state index in [4.69, 9.17) is 4.42 Å². The van der Waals surface area contributed by atoms with Crippen molar-refractivity contribution in [2.24, 2.45) is 0 Å². The largest absolute Gasteiger partial charge is 0.461 e. The first-order chi connectivity index (χ1) is 11.5. The first-order valence-corrected chi connectivity index (χ1v) is 8.59. The van der Waals surface area contributed by atoms with E-state index in [0.29, 0.717) is 18.0 Å². The van der Waals surface area contributed by atoms with E-state index in [-0.39, 0.29) is 5.91 Å². The average Bonchev–Trinajstić information content (AvgIpc) is 3.17. The van der Waals surface area contributed by atoms with E-state index in [0.717, 1.165) is 22.1 Å². The van der Waals surface area contributed by atoms with Gasteiger partial charge in [0.1, 0.15) is 16.5 Å². The van der Waals surface area contributed by atoms with Crippen molar-refractivity contribution < 1.29 is 9.21 Å². The molecule has 24 heavy (non-hydrogen) atoms. The second-order valence-corrected chi connectivity index (χ2v) is 6.92. The summed E-state index contributed by atoms with van der Waals surface area (Å²) in [6.45, 7) is 6.03. The molecule has 6 heteroatoms. The molecule has 0 aliphatic heterocycles. The van der Waals surface area contributed by atoms with Crippen molar-refractivity contribution >= 4 is 22.4 Å². The summed E-state index contributed by atoms with van der Waals surface area (Å²) in [4.78, 5) is 11.9. The number of benzene rings is 1. The van der Waals surface area contributed by atoms with Gasteiger partial charge in [-0.1, -0.05) is 23.5 Å². The highest BCUT2D eigenvalue weighted by atomic mass is 32.1. The number of aromatic nitrogens is 2. The average molecular weight is 341 g/mol. The molecule has 0 saturated carbocycles. The molecule has 1 N–H and O–H groups in total. The van der Waals surface area contributed by atoms with Crippen molar-refractivity contribution in [3.05, 3.63) is 52.2 Å². The SMILES string of the molecule is Cc1nnc(NC(=O)CCc2ccc(-c3ccc(C)c(C)c3)o2)s1. The van der Waals surface area contributed by atoms with Gasteiger partial charge in [0.2, 0.25) is 11.0 Å². The van der Waals surface area contributed by atoms with Gasteiger partial charge < -0.3 is 9.73 Å². The van der Waals surface area contributed by atoms with Crippen LogP contribution in [0.5, 0.6) is 0 Å². The second kappa shape index (κ2) is 6.97. The van der Waals surface area contributed by atoms with Crippen LogP contribution < -0.4 is 5.32 Å². The van der Waals surface area contributed by atoms with Crippen molar-refractivity contribution in [1.29, 1.82) is 0 Å². The molecule has 2 aromatic heterocycles. The molecule has 3 rings (SSSR count). The fourth-order valence-electron chi connectivity index (χ4n) is 2.33. The van der Waals surface area contributed by atoms with E-state index in [1.165, 1.54) is 22.5 Å². The molecule has 0 unspecified atom stereocenters. The zero-order valence-electron chi connectivity index (χ0n) is 13.9. The summed E-state index contributed by atoms with van der Waals surface area (Å²) < 4.78 is 5.86. The molecule has 0 radical (unpaired) electrons. The third-order valence-corrected chi connectivity index (χ3v) is 4.58. The van der Waals surface area contributed by atoms with Gasteiger partial charge in [-0.15, -0.1) is 10.2 Å². The van der Waals surface area contributed by atoms with Gasteiger partial charge >= 0.3 is 0 Å². The summed E-state index contributed by atoms with van der Waals surface area (Å²) in [5, 5.41) is 11.9. The Morgan fingerprint density at radius 3 is 2.67 bits per heavy atom. The zero-order chi connectivity index (χ0) is 17.1. The molecule has 0 aliphatic carbocycles. The Morgan fingerprint density at radius 1 is 1.12 bits per heavy atom. The topological polar surface area (TPSA) is 68.0 Å². The van der Waals surface area contributed by atoms with Crippen LogP contribution in [0, 0.1) is 20.8 Å². The maximum atomic E-state index is 11.9. The quantitative estimate of drug-likeness (QED) is 0.751. The van der Waals surface area contributed by atoms with Crippen molar-refractivity contribution in [3.8, 4) is 11.3 Å². The smallest absolute Gasteiger partial charge is 0.226 e. The Kier molecular flexibility index (Phi) is 4.76. The summed E-state index contributed by atoms with van der Waals surface area (Å²) in [5.41, 5.74) is 3.55. The zero-order valence-corrected chi connectivity index (χ0v) is 14.7. The Labute approximate surface area is 144 Å². The molecule has 124 valence electrons. The van der Waals surface area contributed by atoms with E-state index in [1.54, 1.807) is 0 Å².